The van der Waals surface area contributed by atoms with E-state index in [1.165, 1.54) is 13.8 Å². The highest BCUT2D eigenvalue weighted by Crippen LogP contribution is 2.37. The standard InChI is InChI=1S/C39H67N3O10/c1-12-19-41(10)37(46)42(11)29-20-24(4)49-36(32(29)50-28-17-15-14-16-18-28)52-34-25(5)31(43)26(6)35(45)51-30(13-2)39(9,48)33(44)27(7)40-22-23(3)21-38(34,8)47/h14-18,23-27,29-34,36,40,43-44,47-48H,12-13,19-22H2,1-11H3/t23-,24-,25+,26-,27-,29+,30-,31+,32-,33-,34-,36+,38-,39-/m1/s1. The average Bonchev–Trinajstić information content (AvgIpc) is 3.10. The smallest absolute Gasteiger partial charge is 0.319 e. The summed E-state index contributed by atoms with van der Waals surface area (Å²) in [5.41, 5.74) is -3.36. The second kappa shape index (κ2) is 18.7. The van der Waals surface area contributed by atoms with Gasteiger partial charge in [-0.05, 0) is 84.9 Å². The van der Waals surface area contributed by atoms with Gasteiger partial charge in [-0.25, -0.2) is 4.79 Å². The average molecular weight is 738 g/mol. The molecule has 0 aromatic heterocycles. The third-order valence-corrected chi connectivity index (χ3v) is 11.0. The zero-order valence-electron chi connectivity index (χ0n) is 33.2. The number of carbonyl (C=O) groups is 2. The summed E-state index contributed by atoms with van der Waals surface area (Å²) in [4.78, 5) is 30.5. The number of ether oxygens (including phenoxy) is 4. The Morgan fingerprint density at radius 1 is 1.04 bits per heavy atom. The van der Waals surface area contributed by atoms with Gasteiger partial charge in [-0.3, -0.25) is 4.79 Å². The normalized spacial score (nSPS) is 39.8. The number of amides is 2. The number of urea groups is 1. The summed E-state index contributed by atoms with van der Waals surface area (Å²) in [5, 5.41) is 49.9. The molecule has 13 nitrogen and oxygen atoms in total. The van der Waals surface area contributed by atoms with E-state index in [4.69, 9.17) is 18.9 Å². The van der Waals surface area contributed by atoms with Crippen LogP contribution in [0.2, 0.25) is 0 Å². The highest BCUT2D eigenvalue weighted by atomic mass is 16.7. The predicted molar refractivity (Wildman–Crippen MR) is 198 cm³/mol. The third kappa shape index (κ3) is 10.6. The number of rotatable bonds is 8. The van der Waals surface area contributed by atoms with Crippen molar-refractivity contribution in [2.45, 2.75) is 154 Å². The van der Waals surface area contributed by atoms with Gasteiger partial charge in [0.1, 0.15) is 23.6 Å². The number of cyclic esters (lactones) is 1. The number of aliphatic hydroxyl groups is 4. The van der Waals surface area contributed by atoms with Gasteiger partial charge in [0.15, 0.2) is 12.4 Å². The number of hydrogen-bond donors (Lipinski definition) is 5. The molecule has 5 N–H and O–H groups in total. The Morgan fingerprint density at radius 2 is 1.67 bits per heavy atom. The summed E-state index contributed by atoms with van der Waals surface area (Å²) in [6, 6.07) is 7.93. The van der Waals surface area contributed by atoms with Gasteiger partial charge in [-0.15, -0.1) is 0 Å². The quantitative estimate of drug-likeness (QED) is 0.247. The molecule has 298 valence electrons. The van der Waals surface area contributed by atoms with E-state index in [2.05, 4.69) is 5.32 Å². The number of likely N-dealkylation sites (N-methyl/N-ethyl adjacent to an activating group) is 1. The van der Waals surface area contributed by atoms with Crippen molar-refractivity contribution in [3.63, 3.8) is 0 Å². The van der Waals surface area contributed by atoms with E-state index in [1.807, 2.05) is 51.1 Å². The Bertz CT molecular complexity index is 1270. The topological polar surface area (TPSA) is 170 Å². The number of nitrogens with one attached hydrogen (secondary N) is 1. The number of aliphatic hydroxyl groups excluding tert-OH is 2. The van der Waals surface area contributed by atoms with Crippen molar-refractivity contribution in [1.82, 2.24) is 15.1 Å². The third-order valence-electron chi connectivity index (χ3n) is 11.0. The first kappa shape index (κ1) is 43.9. The molecule has 0 bridgehead atoms. The van der Waals surface area contributed by atoms with E-state index in [1.54, 1.807) is 51.6 Å². The zero-order chi connectivity index (χ0) is 39.1. The van der Waals surface area contributed by atoms with Crippen LogP contribution in [0, 0.1) is 17.8 Å². The van der Waals surface area contributed by atoms with E-state index in [-0.39, 0.29) is 30.9 Å². The zero-order valence-corrected chi connectivity index (χ0v) is 33.2. The van der Waals surface area contributed by atoms with E-state index in [9.17, 15) is 30.0 Å². The lowest BCUT2D eigenvalue weighted by atomic mass is 9.78. The molecule has 2 aliphatic rings. The molecule has 2 aliphatic heterocycles. The minimum atomic E-state index is -1.78. The van der Waals surface area contributed by atoms with Gasteiger partial charge in [0.05, 0.1) is 35.9 Å². The Morgan fingerprint density at radius 3 is 2.27 bits per heavy atom. The number of benzene rings is 1. The van der Waals surface area contributed by atoms with Crippen LogP contribution in [0.4, 0.5) is 4.79 Å². The fourth-order valence-electron chi connectivity index (χ4n) is 7.85. The number of nitrogens with zero attached hydrogens (tertiary/aromatic N) is 2. The van der Waals surface area contributed by atoms with Crippen LogP contribution < -0.4 is 10.1 Å². The first-order valence-electron chi connectivity index (χ1n) is 19.0. The van der Waals surface area contributed by atoms with Crippen molar-refractivity contribution in [2.75, 3.05) is 27.2 Å². The van der Waals surface area contributed by atoms with Gasteiger partial charge in [-0.2, -0.15) is 0 Å². The first-order valence-corrected chi connectivity index (χ1v) is 19.0. The maximum absolute atomic E-state index is 13.6. The Kier molecular flexibility index (Phi) is 15.8. The molecule has 2 fully saturated rings. The fourth-order valence-corrected chi connectivity index (χ4v) is 7.85. The highest BCUT2D eigenvalue weighted by molar-refractivity contribution is 5.74. The van der Waals surface area contributed by atoms with Gasteiger partial charge in [0, 0.05) is 32.6 Å². The van der Waals surface area contributed by atoms with Crippen LogP contribution in [0.5, 0.6) is 5.75 Å². The van der Waals surface area contributed by atoms with E-state index >= 15 is 0 Å². The van der Waals surface area contributed by atoms with Crippen LogP contribution >= 0.6 is 0 Å². The molecule has 1 aromatic rings. The molecule has 1 aromatic carbocycles. The lowest BCUT2D eigenvalue weighted by Crippen LogP contribution is -2.62. The molecule has 0 radical (unpaired) electrons. The maximum atomic E-state index is 13.6. The second-order valence-corrected chi connectivity index (χ2v) is 15.9. The van der Waals surface area contributed by atoms with Gasteiger partial charge in [0.2, 0.25) is 0 Å². The molecular formula is C39H67N3O10. The van der Waals surface area contributed by atoms with Crippen molar-refractivity contribution >= 4 is 12.0 Å². The number of esters is 1. The monoisotopic (exact) mass is 737 g/mol. The second-order valence-electron chi connectivity index (χ2n) is 15.9. The van der Waals surface area contributed by atoms with Crippen molar-refractivity contribution in [1.29, 1.82) is 0 Å². The van der Waals surface area contributed by atoms with E-state index < -0.39 is 77.9 Å². The molecule has 14 atom stereocenters. The number of para-hydroxylation sites is 1. The van der Waals surface area contributed by atoms with Gasteiger partial charge in [0.25, 0.3) is 0 Å². The minimum absolute atomic E-state index is 0.166. The molecule has 0 unspecified atom stereocenters. The molecule has 2 heterocycles. The van der Waals surface area contributed by atoms with Crippen LogP contribution in [-0.4, -0.2) is 136 Å². The van der Waals surface area contributed by atoms with Crippen LogP contribution in [0.3, 0.4) is 0 Å². The van der Waals surface area contributed by atoms with Crippen LogP contribution in [0.15, 0.2) is 30.3 Å². The Hall–Kier alpha value is -2.52. The molecule has 13 heteroatoms. The summed E-state index contributed by atoms with van der Waals surface area (Å²) in [6.07, 6.45) is -5.42. The molecule has 3 rings (SSSR count). The summed E-state index contributed by atoms with van der Waals surface area (Å²) in [6.45, 7) is 16.6. The number of carbonyl (C=O) groups excluding carboxylic acids is 2. The van der Waals surface area contributed by atoms with Crippen LogP contribution in [0.1, 0.15) is 88.0 Å². The summed E-state index contributed by atoms with van der Waals surface area (Å²) in [7, 11) is 3.50. The molecule has 0 spiro atoms. The molecule has 2 saturated heterocycles. The van der Waals surface area contributed by atoms with E-state index in [0.29, 0.717) is 25.3 Å². The minimum Gasteiger partial charge on any atom is -0.483 e. The van der Waals surface area contributed by atoms with Gasteiger partial charge < -0.3 is 54.5 Å². The fraction of sp³-hybridized carbons (Fsp3) is 0.795. The number of hydrogen-bond acceptors (Lipinski definition) is 11. The molecule has 0 aliphatic carbocycles. The summed E-state index contributed by atoms with van der Waals surface area (Å²) in [5.74, 6) is -2.32. The Labute approximate surface area is 310 Å². The Balaban J connectivity index is 2.08. The van der Waals surface area contributed by atoms with Crippen LogP contribution in [-0.2, 0) is 19.0 Å². The maximum Gasteiger partial charge on any atom is 0.319 e. The van der Waals surface area contributed by atoms with Gasteiger partial charge in [-0.1, -0.05) is 45.9 Å². The summed E-state index contributed by atoms with van der Waals surface area (Å²) >= 11 is 0. The van der Waals surface area contributed by atoms with Crippen molar-refractivity contribution in [3.05, 3.63) is 30.3 Å². The highest BCUT2D eigenvalue weighted by Gasteiger charge is 2.51. The van der Waals surface area contributed by atoms with Crippen LogP contribution in [0.25, 0.3) is 0 Å². The van der Waals surface area contributed by atoms with Crippen molar-refractivity contribution < 1.29 is 49.0 Å². The van der Waals surface area contributed by atoms with E-state index in [0.717, 1.165) is 6.42 Å². The lowest BCUT2D eigenvalue weighted by Gasteiger charge is -2.48. The SMILES string of the molecule is CCCN(C)C(=O)N(C)[C@H]1C[C@@H](C)O[C@@H](O[C@@H]2[C@@H](C)[C@H](O)[C@@H](C)C(=O)O[C@H](CC)[C@@](C)(O)[C@H](O)[C@@H](C)NC[C@H](C)C[C@@]2(C)O)[C@@H]1Oc1ccccc1. The lowest BCUT2D eigenvalue weighted by molar-refractivity contribution is -0.294. The van der Waals surface area contributed by atoms with Gasteiger partial charge >= 0.3 is 12.0 Å². The first-order chi connectivity index (χ1) is 24.3. The molecular weight excluding hydrogens is 670 g/mol. The summed E-state index contributed by atoms with van der Waals surface area (Å²) < 4.78 is 25.6. The molecule has 2 amide bonds. The van der Waals surface area contributed by atoms with Crippen molar-refractivity contribution in [2.24, 2.45) is 17.8 Å². The predicted octanol–water partition coefficient (Wildman–Crippen LogP) is 3.55. The molecule has 0 saturated carbocycles. The molecule has 52 heavy (non-hydrogen) atoms. The van der Waals surface area contributed by atoms with Crippen molar-refractivity contribution in [3.8, 4) is 5.75 Å². The largest absolute Gasteiger partial charge is 0.483 e.